The van der Waals surface area contributed by atoms with E-state index in [0.717, 1.165) is 12.1 Å². The summed E-state index contributed by atoms with van der Waals surface area (Å²) in [5.74, 6) is -1.01. The van der Waals surface area contributed by atoms with E-state index in [0.29, 0.717) is 0 Å². The monoisotopic (exact) mass is 390 g/mol. The minimum Gasteiger partial charge on any atom is -0.376 e. The van der Waals surface area contributed by atoms with E-state index in [4.69, 9.17) is 0 Å². The number of halogens is 5. The summed E-state index contributed by atoms with van der Waals surface area (Å²) in [5, 5.41) is 5.03. The summed E-state index contributed by atoms with van der Waals surface area (Å²) in [6, 6.07) is 8.86. The minimum absolute atomic E-state index is 0.0836. The third kappa shape index (κ3) is 4.95. The fraction of sp³-hybridized carbons (Fsp3) is 0.133. The van der Waals surface area contributed by atoms with E-state index >= 15 is 0 Å². The van der Waals surface area contributed by atoms with Crippen molar-refractivity contribution in [2.24, 2.45) is 0 Å². The highest BCUT2D eigenvalue weighted by molar-refractivity contribution is 9.10. The molecule has 2 aromatic carbocycles. The predicted octanol–water partition coefficient (Wildman–Crippen LogP) is 4.66. The Morgan fingerprint density at radius 3 is 2.48 bits per heavy atom. The van der Waals surface area contributed by atoms with Crippen LogP contribution < -0.4 is 10.6 Å². The number of benzene rings is 2. The van der Waals surface area contributed by atoms with Crippen molar-refractivity contribution >= 4 is 33.2 Å². The van der Waals surface area contributed by atoms with E-state index < -0.39 is 23.5 Å². The molecule has 0 bridgehead atoms. The zero-order chi connectivity index (χ0) is 17.0. The molecule has 1 amide bonds. The lowest BCUT2D eigenvalue weighted by atomic mass is 10.2. The Morgan fingerprint density at radius 2 is 1.83 bits per heavy atom. The Balaban J connectivity index is 1.99. The number of alkyl halides is 3. The van der Waals surface area contributed by atoms with Crippen LogP contribution in [-0.4, -0.2) is 12.5 Å². The first-order valence-electron chi connectivity index (χ1n) is 6.42. The Labute approximate surface area is 137 Å². The number of hydrogen-bond acceptors (Lipinski definition) is 2. The molecule has 23 heavy (non-hydrogen) atoms. The summed E-state index contributed by atoms with van der Waals surface area (Å²) in [4.78, 5) is 11.7. The average molecular weight is 391 g/mol. The lowest BCUT2D eigenvalue weighted by molar-refractivity contribution is -0.138. The summed E-state index contributed by atoms with van der Waals surface area (Å²) in [5.41, 5.74) is -0.424. The third-order valence-corrected chi connectivity index (χ3v) is 3.52. The lowest BCUT2D eigenvalue weighted by Crippen LogP contribution is -2.22. The maximum atomic E-state index is 13.0. The molecule has 2 rings (SSSR count). The van der Waals surface area contributed by atoms with E-state index in [2.05, 4.69) is 26.6 Å². The molecule has 0 aliphatic carbocycles. The van der Waals surface area contributed by atoms with Gasteiger partial charge < -0.3 is 10.6 Å². The molecule has 3 nitrogen and oxygen atoms in total. The van der Waals surface area contributed by atoms with E-state index in [1.165, 1.54) is 30.3 Å². The van der Waals surface area contributed by atoms with Crippen LogP contribution in [0.25, 0.3) is 0 Å². The zero-order valence-electron chi connectivity index (χ0n) is 11.5. The van der Waals surface area contributed by atoms with Gasteiger partial charge in [0.05, 0.1) is 12.1 Å². The van der Waals surface area contributed by atoms with Crippen LogP contribution in [-0.2, 0) is 11.0 Å². The van der Waals surface area contributed by atoms with Crippen molar-refractivity contribution in [2.45, 2.75) is 6.18 Å². The first-order valence-corrected chi connectivity index (χ1v) is 7.21. The van der Waals surface area contributed by atoms with Gasteiger partial charge in [-0.25, -0.2) is 4.39 Å². The van der Waals surface area contributed by atoms with E-state index in [1.54, 1.807) is 0 Å². The summed E-state index contributed by atoms with van der Waals surface area (Å²) >= 11 is 2.83. The number of rotatable bonds is 4. The molecule has 0 fully saturated rings. The van der Waals surface area contributed by atoms with Gasteiger partial charge in [-0.05, 0) is 36.4 Å². The largest absolute Gasteiger partial charge is 0.417 e. The highest BCUT2D eigenvalue weighted by Crippen LogP contribution is 2.36. The van der Waals surface area contributed by atoms with Crippen molar-refractivity contribution in [1.82, 2.24) is 0 Å². The molecule has 8 heteroatoms. The summed E-state index contributed by atoms with van der Waals surface area (Å²) in [7, 11) is 0. The highest BCUT2D eigenvalue weighted by Gasteiger charge is 2.33. The van der Waals surface area contributed by atoms with E-state index in [9.17, 15) is 22.4 Å². The Kier molecular flexibility index (Phi) is 5.25. The molecule has 0 aliphatic heterocycles. The topological polar surface area (TPSA) is 41.1 Å². The van der Waals surface area contributed by atoms with E-state index in [1.807, 2.05) is 0 Å². The van der Waals surface area contributed by atoms with Crippen molar-refractivity contribution in [3.63, 3.8) is 0 Å². The second kappa shape index (κ2) is 6.99. The summed E-state index contributed by atoms with van der Waals surface area (Å²) < 4.78 is 51.2. The van der Waals surface area contributed by atoms with Gasteiger partial charge in [0.25, 0.3) is 0 Å². The highest BCUT2D eigenvalue weighted by atomic mass is 79.9. The van der Waals surface area contributed by atoms with Crippen LogP contribution >= 0.6 is 15.9 Å². The second-order valence-corrected chi connectivity index (χ2v) is 5.46. The number of anilines is 2. The molecular formula is C15H11BrF4N2O. The van der Waals surface area contributed by atoms with Gasteiger partial charge >= 0.3 is 6.18 Å². The minimum atomic E-state index is -4.50. The smallest absolute Gasteiger partial charge is 0.376 e. The van der Waals surface area contributed by atoms with Crippen molar-refractivity contribution < 1.29 is 22.4 Å². The van der Waals surface area contributed by atoms with Crippen LogP contribution in [0.15, 0.2) is 46.9 Å². The molecule has 0 atom stereocenters. The van der Waals surface area contributed by atoms with Crippen molar-refractivity contribution in [3.05, 3.63) is 58.3 Å². The van der Waals surface area contributed by atoms with Gasteiger partial charge in [0.15, 0.2) is 0 Å². The maximum absolute atomic E-state index is 13.0. The molecule has 0 spiro atoms. The summed E-state index contributed by atoms with van der Waals surface area (Å²) in [6.45, 7) is -0.255. The first kappa shape index (κ1) is 17.3. The maximum Gasteiger partial charge on any atom is 0.417 e. The molecule has 0 aromatic heterocycles. The second-order valence-electron chi connectivity index (χ2n) is 4.60. The van der Waals surface area contributed by atoms with Crippen LogP contribution in [0.2, 0.25) is 0 Å². The molecule has 0 saturated heterocycles. The zero-order valence-corrected chi connectivity index (χ0v) is 13.1. The molecule has 0 radical (unpaired) electrons. The number of carbonyl (C=O) groups excluding carboxylic acids is 1. The molecule has 0 unspecified atom stereocenters. The van der Waals surface area contributed by atoms with Crippen molar-refractivity contribution in [3.8, 4) is 0 Å². The SMILES string of the molecule is O=C(CNc1ccc(Br)c(C(F)(F)F)c1)Nc1cccc(F)c1. The molecule has 0 heterocycles. The van der Waals surface area contributed by atoms with Crippen LogP contribution in [0, 0.1) is 5.82 Å². The average Bonchev–Trinajstić information content (AvgIpc) is 2.45. The van der Waals surface area contributed by atoms with Crippen LogP contribution in [0.3, 0.4) is 0 Å². The van der Waals surface area contributed by atoms with Gasteiger partial charge in [0.2, 0.25) is 5.91 Å². The van der Waals surface area contributed by atoms with Gasteiger partial charge in [0.1, 0.15) is 5.82 Å². The van der Waals surface area contributed by atoms with Crippen molar-refractivity contribution in [1.29, 1.82) is 0 Å². The normalized spacial score (nSPS) is 11.2. The Bertz CT molecular complexity index is 719. The number of amides is 1. The molecule has 0 saturated carbocycles. The van der Waals surface area contributed by atoms with Crippen LogP contribution in [0.5, 0.6) is 0 Å². The number of nitrogens with one attached hydrogen (secondary N) is 2. The first-order chi connectivity index (χ1) is 10.8. The van der Waals surface area contributed by atoms with Gasteiger partial charge in [-0.15, -0.1) is 0 Å². The predicted molar refractivity (Wildman–Crippen MR) is 82.7 cm³/mol. The molecule has 2 aromatic rings. The molecular weight excluding hydrogens is 380 g/mol. The van der Waals surface area contributed by atoms with Gasteiger partial charge in [0, 0.05) is 15.8 Å². The van der Waals surface area contributed by atoms with Gasteiger partial charge in [-0.1, -0.05) is 22.0 Å². The summed E-state index contributed by atoms with van der Waals surface area (Å²) in [6.07, 6.45) is -4.50. The molecule has 122 valence electrons. The van der Waals surface area contributed by atoms with Crippen molar-refractivity contribution in [2.75, 3.05) is 17.2 Å². The van der Waals surface area contributed by atoms with Crippen LogP contribution in [0.4, 0.5) is 28.9 Å². The van der Waals surface area contributed by atoms with Gasteiger partial charge in [-0.2, -0.15) is 13.2 Å². The lowest BCUT2D eigenvalue weighted by Gasteiger charge is -2.12. The Hall–Kier alpha value is -2.09. The molecule has 0 aliphatic rings. The quantitative estimate of drug-likeness (QED) is 0.745. The molecule has 2 N–H and O–H groups in total. The van der Waals surface area contributed by atoms with E-state index in [-0.39, 0.29) is 22.4 Å². The number of carbonyl (C=O) groups is 1. The fourth-order valence-corrected chi connectivity index (χ4v) is 2.28. The van der Waals surface area contributed by atoms with Crippen LogP contribution in [0.1, 0.15) is 5.56 Å². The fourth-order valence-electron chi connectivity index (χ4n) is 1.81. The number of hydrogen-bond donors (Lipinski definition) is 2. The third-order valence-electron chi connectivity index (χ3n) is 2.83. The Morgan fingerprint density at radius 1 is 1.09 bits per heavy atom. The van der Waals surface area contributed by atoms with Gasteiger partial charge in [-0.3, -0.25) is 4.79 Å². The standard InChI is InChI=1S/C15H11BrF4N2O/c16-13-5-4-10(7-12(13)15(18,19)20)21-8-14(23)22-11-3-1-2-9(17)6-11/h1-7,21H,8H2,(H,22,23).